The van der Waals surface area contributed by atoms with E-state index in [1.165, 1.54) is 0 Å². The number of hydrogen-bond donors (Lipinski definition) is 1. The molecule has 0 bridgehead atoms. The molecule has 2 aromatic heterocycles. The lowest BCUT2D eigenvalue weighted by Crippen LogP contribution is -2.43. The lowest BCUT2D eigenvalue weighted by atomic mass is 10.2. The Morgan fingerprint density at radius 2 is 2.16 bits per heavy atom. The van der Waals surface area contributed by atoms with E-state index < -0.39 is 0 Å². The molecule has 2 aromatic rings. The third kappa shape index (κ3) is 2.97. The van der Waals surface area contributed by atoms with Crippen LogP contribution in [0.25, 0.3) is 11.5 Å². The number of nitrogens with one attached hydrogen (secondary N) is 1. The quantitative estimate of drug-likeness (QED) is 0.881. The summed E-state index contributed by atoms with van der Waals surface area (Å²) in [5, 5.41) is 7.36. The van der Waals surface area contributed by atoms with E-state index in [0.717, 1.165) is 49.7 Å². The monoisotopic (exact) mass is 259 g/mol. The van der Waals surface area contributed by atoms with Crippen LogP contribution in [0.2, 0.25) is 0 Å². The molecular weight excluding hydrogens is 242 g/mol. The molecule has 0 radical (unpaired) electrons. The maximum atomic E-state index is 5.30. The van der Waals surface area contributed by atoms with Gasteiger partial charge in [0.05, 0.1) is 12.1 Å². The Labute approximate surface area is 111 Å². The second kappa shape index (κ2) is 5.46. The molecule has 3 rings (SSSR count). The van der Waals surface area contributed by atoms with E-state index in [1.54, 1.807) is 6.20 Å². The Hall–Kier alpha value is -1.79. The topological polar surface area (TPSA) is 67.1 Å². The first-order chi connectivity index (χ1) is 9.31. The molecular formula is C13H17N5O. The van der Waals surface area contributed by atoms with Crippen molar-refractivity contribution in [1.29, 1.82) is 0 Å². The van der Waals surface area contributed by atoms with Gasteiger partial charge in [-0.25, -0.2) is 0 Å². The van der Waals surface area contributed by atoms with Crippen LogP contribution >= 0.6 is 0 Å². The van der Waals surface area contributed by atoms with E-state index in [4.69, 9.17) is 4.52 Å². The Balaban J connectivity index is 1.72. The summed E-state index contributed by atoms with van der Waals surface area (Å²) < 4.78 is 5.30. The van der Waals surface area contributed by atoms with Crippen LogP contribution in [-0.4, -0.2) is 46.2 Å². The van der Waals surface area contributed by atoms with Gasteiger partial charge in [-0.1, -0.05) is 5.16 Å². The van der Waals surface area contributed by atoms with Crippen molar-refractivity contribution in [2.24, 2.45) is 0 Å². The van der Waals surface area contributed by atoms with Crippen molar-refractivity contribution in [3.63, 3.8) is 0 Å². The van der Waals surface area contributed by atoms with Crippen LogP contribution in [0, 0.1) is 6.92 Å². The van der Waals surface area contributed by atoms with Crippen LogP contribution in [0.4, 0.5) is 0 Å². The van der Waals surface area contributed by atoms with Crippen LogP contribution in [-0.2, 0) is 6.54 Å². The first-order valence-corrected chi connectivity index (χ1v) is 6.49. The van der Waals surface area contributed by atoms with Crippen molar-refractivity contribution < 1.29 is 4.52 Å². The smallest absolute Gasteiger partial charge is 0.259 e. The molecule has 0 atom stereocenters. The zero-order valence-corrected chi connectivity index (χ0v) is 11.0. The second-order valence-electron chi connectivity index (χ2n) is 4.79. The number of piperazine rings is 1. The number of aryl methyl sites for hydroxylation is 1. The molecule has 0 spiro atoms. The van der Waals surface area contributed by atoms with E-state index in [2.05, 4.69) is 25.3 Å². The molecule has 100 valence electrons. The van der Waals surface area contributed by atoms with Crippen molar-refractivity contribution in [3.8, 4) is 11.5 Å². The first-order valence-electron chi connectivity index (χ1n) is 6.49. The highest BCUT2D eigenvalue weighted by atomic mass is 16.5. The fourth-order valence-electron chi connectivity index (χ4n) is 2.18. The lowest BCUT2D eigenvalue weighted by molar-refractivity contribution is 0.225. The van der Waals surface area contributed by atoms with E-state index in [-0.39, 0.29) is 0 Å². The minimum atomic E-state index is 0.543. The summed E-state index contributed by atoms with van der Waals surface area (Å²) in [5.74, 6) is 1.28. The van der Waals surface area contributed by atoms with E-state index in [0.29, 0.717) is 5.89 Å². The van der Waals surface area contributed by atoms with Crippen LogP contribution in [0.15, 0.2) is 23.0 Å². The molecule has 0 aromatic carbocycles. The number of pyridine rings is 1. The summed E-state index contributed by atoms with van der Waals surface area (Å²) in [7, 11) is 0. The fourth-order valence-corrected chi connectivity index (χ4v) is 2.18. The minimum absolute atomic E-state index is 0.543. The molecule has 0 amide bonds. The largest absolute Gasteiger partial charge is 0.334 e. The maximum Gasteiger partial charge on any atom is 0.259 e. The highest BCUT2D eigenvalue weighted by molar-refractivity contribution is 5.51. The molecule has 1 saturated heterocycles. The Bertz CT molecular complexity index is 547. The minimum Gasteiger partial charge on any atom is -0.334 e. The van der Waals surface area contributed by atoms with Crippen molar-refractivity contribution in [1.82, 2.24) is 25.3 Å². The molecule has 1 aliphatic rings. The molecule has 0 aliphatic carbocycles. The molecule has 3 heterocycles. The molecule has 1 aliphatic heterocycles. The predicted molar refractivity (Wildman–Crippen MR) is 70.4 cm³/mol. The molecule has 1 fully saturated rings. The highest BCUT2D eigenvalue weighted by Crippen LogP contribution is 2.17. The van der Waals surface area contributed by atoms with Gasteiger partial charge in [-0.2, -0.15) is 4.98 Å². The van der Waals surface area contributed by atoms with E-state index in [1.807, 2.05) is 19.2 Å². The Morgan fingerprint density at radius 1 is 1.32 bits per heavy atom. The fraction of sp³-hybridized carbons (Fsp3) is 0.462. The average Bonchev–Trinajstić information content (AvgIpc) is 2.88. The zero-order chi connectivity index (χ0) is 13.1. The third-order valence-electron chi connectivity index (χ3n) is 3.16. The Kier molecular flexibility index (Phi) is 3.52. The van der Waals surface area contributed by atoms with Gasteiger partial charge in [-0.3, -0.25) is 9.88 Å². The molecule has 0 saturated carbocycles. The summed E-state index contributed by atoms with van der Waals surface area (Å²) >= 11 is 0. The predicted octanol–water partition coefficient (Wildman–Crippen LogP) is 0.845. The van der Waals surface area contributed by atoms with Gasteiger partial charge in [0.2, 0.25) is 0 Å². The average molecular weight is 259 g/mol. The first kappa shape index (κ1) is 12.3. The van der Waals surface area contributed by atoms with Gasteiger partial charge in [-0.15, -0.1) is 0 Å². The molecule has 0 unspecified atom stereocenters. The number of aromatic nitrogens is 3. The number of rotatable bonds is 3. The normalized spacial score (nSPS) is 16.7. The van der Waals surface area contributed by atoms with Crippen molar-refractivity contribution >= 4 is 0 Å². The molecule has 6 nitrogen and oxygen atoms in total. The summed E-state index contributed by atoms with van der Waals surface area (Å²) in [6.07, 6.45) is 3.55. The van der Waals surface area contributed by atoms with Gasteiger partial charge in [0.1, 0.15) is 0 Å². The van der Waals surface area contributed by atoms with Crippen LogP contribution < -0.4 is 5.32 Å². The van der Waals surface area contributed by atoms with E-state index >= 15 is 0 Å². The Morgan fingerprint density at radius 3 is 2.95 bits per heavy atom. The van der Waals surface area contributed by atoms with Gasteiger partial charge >= 0.3 is 0 Å². The number of hydrogen-bond acceptors (Lipinski definition) is 6. The summed E-state index contributed by atoms with van der Waals surface area (Å²) in [6.45, 7) is 6.82. The molecule has 19 heavy (non-hydrogen) atoms. The number of nitrogens with zero attached hydrogens (tertiary/aromatic N) is 4. The van der Waals surface area contributed by atoms with Gasteiger partial charge < -0.3 is 9.84 Å². The third-order valence-corrected chi connectivity index (χ3v) is 3.16. The zero-order valence-electron chi connectivity index (χ0n) is 11.0. The second-order valence-corrected chi connectivity index (χ2v) is 4.79. The summed E-state index contributed by atoms with van der Waals surface area (Å²) in [5.41, 5.74) is 1.96. The van der Waals surface area contributed by atoms with Gasteiger partial charge in [0.15, 0.2) is 5.82 Å². The van der Waals surface area contributed by atoms with Gasteiger partial charge in [0.25, 0.3) is 5.89 Å². The van der Waals surface area contributed by atoms with Crippen molar-refractivity contribution in [3.05, 3.63) is 29.8 Å². The lowest BCUT2D eigenvalue weighted by Gasteiger charge is -2.25. The van der Waals surface area contributed by atoms with Crippen LogP contribution in [0.1, 0.15) is 11.4 Å². The van der Waals surface area contributed by atoms with Gasteiger partial charge in [-0.05, 0) is 18.6 Å². The molecule has 1 N–H and O–H groups in total. The van der Waals surface area contributed by atoms with Crippen molar-refractivity contribution in [2.45, 2.75) is 13.5 Å². The summed E-state index contributed by atoms with van der Waals surface area (Å²) in [4.78, 5) is 10.9. The molecule has 6 heteroatoms. The van der Waals surface area contributed by atoms with Crippen LogP contribution in [0.5, 0.6) is 0 Å². The van der Waals surface area contributed by atoms with Gasteiger partial charge in [0, 0.05) is 38.6 Å². The highest BCUT2D eigenvalue weighted by Gasteiger charge is 2.14. The van der Waals surface area contributed by atoms with Crippen molar-refractivity contribution in [2.75, 3.05) is 26.2 Å². The van der Waals surface area contributed by atoms with E-state index in [9.17, 15) is 0 Å². The summed E-state index contributed by atoms with van der Waals surface area (Å²) in [6, 6.07) is 2.00. The SMILES string of the molecule is Cc1cncc(-c2nc(CN3CCNCC3)no2)c1. The maximum absolute atomic E-state index is 5.30. The standard InChI is InChI=1S/C13H17N5O/c1-10-6-11(8-15-7-10)13-16-12(17-19-13)9-18-4-2-14-3-5-18/h6-8,14H,2-5,9H2,1H3. The van der Waals surface area contributed by atoms with Crippen LogP contribution in [0.3, 0.4) is 0 Å².